The minimum absolute atomic E-state index is 0.0262. The number of hydrogen-bond donors (Lipinski definition) is 1. The first-order valence-corrected chi connectivity index (χ1v) is 5.36. The Labute approximate surface area is 112 Å². The average Bonchev–Trinajstić information content (AvgIpc) is 2.42. The number of aliphatic imine (C=N–C) groups is 2. The number of nitrogens with two attached hydrogens (primary N) is 1. The van der Waals surface area contributed by atoms with Crippen LogP contribution in [0, 0.1) is 0 Å². The van der Waals surface area contributed by atoms with Gasteiger partial charge in [0, 0.05) is 5.39 Å². The van der Waals surface area contributed by atoms with E-state index in [0.29, 0.717) is 10.8 Å². The van der Waals surface area contributed by atoms with Crippen molar-refractivity contribution in [1.82, 2.24) is 0 Å². The zero-order chi connectivity index (χ0) is 14.5. The summed E-state index contributed by atoms with van der Waals surface area (Å²) in [4.78, 5) is 38.8. The zero-order valence-corrected chi connectivity index (χ0v) is 9.99. The summed E-state index contributed by atoms with van der Waals surface area (Å²) in [5.74, 6) is -0.0621. The van der Waals surface area contributed by atoms with Crippen LogP contribution < -0.4 is 10.5 Å². The number of primary amides is 1. The van der Waals surface area contributed by atoms with Crippen molar-refractivity contribution in [2.24, 2.45) is 15.7 Å². The average molecular weight is 269 g/mol. The molecule has 0 aliphatic carbocycles. The van der Waals surface area contributed by atoms with Crippen LogP contribution in [0.2, 0.25) is 0 Å². The molecule has 0 aliphatic rings. The minimum atomic E-state index is -1.08. The molecule has 0 unspecified atom stereocenters. The Morgan fingerprint density at radius 3 is 2.50 bits per heavy atom. The second-order valence-corrected chi connectivity index (χ2v) is 3.62. The highest BCUT2D eigenvalue weighted by Crippen LogP contribution is 2.43. The molecule has 98 valence electrons. The van der Waals surface area contributed by atoms with Crippen LogP contribution in [0.1, 0.15) is 0 Å². The first kappa shape index (κ1) is 13.2. The van der Waals surface area contributed by atoms with Crippen molar-refractivity contribution < 1.29 is 19.1 Å². The minimum Gasteiger partial charge on any atom is -0.407 e. The summed E-state index contributed by atoms with van der Waals surface area (Å²) in [5, 5.41) is 1.12. The molecule has 7 heteroatoms. The highest BCUT2D eigenvalue weighted by atomic mass is 16.5. The van der Waals surface area contributed by atoms with Crippen molar-refractivity contribution in [2.45, 2.75) is 0 Å². The van der Waals surface area contributed by atoms with Crippen LogP contribution in [-0.4, -0.2) is 18.3 Å². The fourth-order valence-corrected chi connectivity index (χ4v) is 1.78. The molecule has 0 fully saturated rings. The third kappa shape index (κ3) is 2.44. The molecule has 2 N–H and O–H groups in total. The van der Waals surface area contributed by atoms with Gasteiger partial charge in [0.25, 0.3) is 0 Å². The molecule has 0 saturated carbocycles. The summed E-state index contributed by atoms with van der Waals surface area (Å²) in [6.45, 7) is 0. The molecule has 7 nitrogen and oxygen atoms in total. The number of rotatable bonds is 3. The highest BCUT2D eigenvalue weighted by molar-refractivity contribution is 5.99. The summed E-state index contributed by atoms with van der Waals surface area (Å²) >= 11 is 0. The van der Waals surface area contributed by atoms with Gasteiger partial charge in [0.05, 0.1) is 0 Å². The summed E-state index contributed by atoms with van der Waals surface area (Å²) in [6.07, 6.45) is 1.58. The first-order valence-electron chi connectivity index (χ1n) is 5.36. The van der Waals surface area contributed by atoms with Crippen LogP contribution in [0.4, 0.5) is 16.2 Å². The van der Waals surface area contributed by atoms with Gasteiger partial charge in [0.15, 0.2) is 5.75 Å². The van der Waals surface area contributed by atoms with E-state index < -0.39 is 6.09 Å². The van der Waals surface area contributed by atoms with Crippen molar-refractivity contribution in [3.05, 3.63) is 30.3 Å². The SMILES string of the molecule is NC(=O)Oc1c(N=C=O)c(N=C=O)cc2ccccc12. The van der Waals surface area contributed by atoms with E-state index in [9.17, 15) is 14.4 Å². The second-order valence-electron chi connectivity index (χ2n) is 3.62. The number of amides is 1. The van der Waals surface area contributed by atoms with E-state index in [1.54, 1.807) is 24.3 Å². The van der Waals surface area contributed by atoms with Gasteiger partial charge in [-0.1, -0.05) is 24.3 Å². The fraction of sp³-hybridized carbons (Fsp3) is 0. The molecule has 0 aliphatic heterocycles. The summed E-state index contributed by atoms with van der Waals surface area (Å²) < 4.78 is 4.87. The molecule has 1 amide bonds. The Morgan fingerprint density at radius 2 is 1.85 bits per heavy atom. The monoisotopic (exact) mass is 269 g/mol. The molecule has 0 aromatic heterocycles. The van der Waals surface area contributed by atoms with E-state index in [0.717, 1.165) is 0 Å². The van der Waals surface area contributed by atoms with Crippen molar-refractivity contribution in [1.29, 1.82) is 0 Å². The predicted molar refractivity (Wildman–Crippen MR) is 69.7 cm³/mol. The quantitative estimate of drug-likeness (QED) is 0.680. The van der Waals surface area contributed by atoms with Crippen LogP contribution in [0.15, 0.2) is 40.3 Å². The Balaban J connectivity index is 2.91. The largest absolute Gasteiger partial charge is 0.410 e. The number of hydrogen-bond acceptors (Lipinski definition) is 6. The molecule has 0 atom stereocenters. The molecular formula is C13H7N3O4. The fourth-order valence-electron chi connectivity index (χ4n) is 1.78. The van der Waals surface area contributed by atoms with Gasteiger partial charge in [-0.05, 0) is 11.5 Å². The van der Waals surface area contributed by atoms with Gasteiger partial charge in [-0.2, -0.15) is 9.98 Å². The van der Waals surface area contributed by atoms with Gasteiger partial charge < -0.3 is 10.5 Å². The van der Waals surface area contributed by atoms with Gasteiger partial charge in [0.1, 0.15) is 11.4 Å². The van der Waals surface area contributed by atoms with Crippen molar-refractivity contribution in [3.63, 3.8) is 0 Å². The van der Waals surface area contributed by atoms with Crippen LogP contribution in [0.3, 0.4) is 0 Å². The third-order valence-electron chi connectivity index (χ3n) is 2.48. The number of fused-ring (bicyclic) bond motifs is 1. The van der Waals surface area contributed by atoms with Gasteiger partial charge in [-0.3, -0.25) is 0 Å². The zero-order valence-electron chi connectivity index (χ0n) is 9.99. The lowest BCUT2D eigenvalue weighted by Gasteiger charge is -2.10. The van der Waals surface area contributed by atoms with Crippen LogP contribution in [0.5, 0.6) is 5.75 Å². The lowest BCUT2D eigenvalue weighted by molar-refractivity contribution is 0.211. The number of ether oxygens (including phenoxy) is 1. The molecule has 2 aromatic carbocycles. The van der Waals surface area contributed by atoms with Crippen molar-refractivity contribution in [2.75, 3.05) is 0 Å². The number of carbonyl (C=O) groups is 1. The van der Waals surface area contributed by atoms with E-state index in [-0.39, 0.29) is 17.1 Å². The molecular weight excluding hydrogens is 262 g/mol. The van der Waals surface area contributed by atoms with E-state index in [1.807, 2.05) is 0 Å². The topological polar surface area (TPSA) is 111 Å². The highest BCUT2D eigenvalue weighted by Gasteiger charge is 2.16. The van der Waals surface area contributed by atoms with Gasteiger partial charge >= 0.3 is 6.09 Å². The number of isocyanates is 2. The van der Waals surface area contributed by atoms with E-state index in [1.165, 1.54) is 18.2 Å². The van der Waals surface area contributed by atoms with Gasteiger partial charge in [-0.25, -0.2) is 14.4 Å². The standard InChI is InChI=1S/C13H7N3O4/c14-13(19)20-12-9-4-2-1-3-8(9)5-10(15-6-17)11(12)16-7-18/h1-5H,(H2,14,19). The molecule has 0 spiro atoms. The summed E-state index contributed by atoms with van der Waals surface area (Å²) in [6, 6.07) is 8.30. The number of carbonyl (C=O) groups excluding carboxylic acids is 3. The Bertz CT molecular complexity index is 788. The molecule has 2 rings (SSSR count). The Kier molecular flexibility index (Phi) is 3.67. The van der Waals surface area contributed by atoms with Crippen LogP contribution >= 0.6 is 0 Å². The van der Waals surface area contributed by atoms with Crippen LogP contribution in [-0.2, 0) is 9.59 Å². The van der Waals surface area contributed by atoms with Crippen LogP contribution in [0.25, 0.3) is 10.8 Å². The number of benzene rings is 2. The molecule has 20 heavy (non-hydrogen) atoms. The molecule has 0 saturated heterocycles. The molecule has 0 heterocycles. The maximum Gasteiger partial charge on any atom is 0.410 e. The maximum absolute atomic E-state index is 11.0. The number of nitrogens with zero attached hydrogens (tertiary/aromatic N) is 2. The third-order valence-corrected chi connectivity index (χ3v) is 2.48. The predicted octanol–water partition coefficient (Wildman–Crippen LogP) is 2.23. The van der Waals surface area contributed by atoms with E-state index in [2.05, 4.69) is 9.98 Å². The van der Waals surface area contributed by atoms with Gasteiger partial charge in [-0.15, -0.1) is 0 Å². The first-order chi connectivity index (χ1) is 9.67. The smallest absolute Gasteiger partial charge is 0.407 e. The Hall–Kier alpha value is -3.27. The lowest BCUT2D eigenvalue weighted by Crippen LogP contribution is -2.16. The van der Waals surface area contributed by atoms with Crippen molar-refractivity contribution in [3.8, 4) is 5.75 Å². The maximum atomic E-state index is 11.0. The second kappa shape index (κ2) is 5.58. The van der Waals surface area contributed by atoms with Gasteiger partial charge in [0.2, 0.25) is 12.2 Å². The molecule has 2 aromatic rings. The Morgan fingerprint density at radius 1 is 1.15 bits per heavy atom. The summed E-state index contributed by atoms with van der Waals surface area (Å²) in [7, 11) is 0. The van der Waals surface area contributed by atoms with E-state index in [4.69, 9.17) is 10.5 Å². The normalized spacial score (nSPS) is 9.40. The molecule has 0 bridgehead atoms. The molecule has 0 radical (unpaired) electrons. The van der Waals surface area contributed by atoms with E-state index >= 15 is 0 Å². The summed E-state index contributed by atoms with van der Waals surface area (Å²) in [5.41, 5.74) is 4.91. The lowest BCUT2D eigenvalue weighted by atomic mass is 10.1. The van der Waals surface area contributed by atoms with Crippen molar-refractivity contribution >= 4 is 40.4 Å².